The number of rotatable bonds is 9. The lowest BCUT2D eigenvalue weighted by atomic mass is 10.1. The minimum Gasteiger partial charge on any atom is -0.356 e. The van der Waals surface area contributed by atoms with Gasteiger partial charge in [0, 0.05) is 31.5 Å². The molecule has 2 nitrogen and oxygen atoms in total. The molecule has 0 aromatic rings. The maximum Gasteiger partial charge on any atom is 0.156 e. The molecule has 0 unspecified atom stereocenters. The van der Waals surface area contributed by atoms with Crippen LogP contribution in [0.2, 0.25) is 0 Å². The molecule has 0 heterocycles. The average Bonchev–Trinajstić information content (AvgIpc) is 2.32. The second-order valence-corrected chi connectivity index (χ2v) is 4.73. The zero-order valence-electron chi connectivity index (χ0n) is 10.4. The van der Waals surface area contributed by atoms with Crippen molar-refractivity contribution in [3.63, 3.8) is 0 Å². The molecule has 0 bridgehead atoms. The summed E-state index contributed by atoms with van der Waals surface area (Å²) in [6.45, 7) is 0. The summed E-state index contributed by atoms with van der Waals surface area (Å²) in [7, 11) is 3.37. The van der Waals surface area contributed by atoms with Crippen molar-refractivity contribution < 1.29 is 9.47 Å². The van der Waals surface area contributed by atoms with Crippen LogP contribution >= 0.6 is 22.6 Å². The third-order valence-corrected chi connectivity index (χ3v) is 3.09. The van der Waals surface area contributed by atoms with Crippen LogP contribution in [0, 0.1) is 11.8 Å². The van der Waals surface area contributed by atoms with Gasteiger partial charge in [0.05, 0.1) is 0 Å². The second-order valence-electron chi connectivity index (χ2n) is 3.65. The van der Waals surface area contributed by atoms with E-state index in [1.165, 1.54) is 23.7 Å². The Morgan fingerprint density at radius 3 is 2.12 bits per heavy atom. The lowest BCUT2D eigenvalue weighted by molar-refractivity contribution is -0.107. The van der Waals surface area contributed by atoms with E-state index in [0.717, 1.165) is 25.7 Å². The fourth-order valence-electron chi connectivity index (χ4n) is 1.37. The van der Waals surface area contributed by atoms with Gasteiger partial charge in [0.1, 0.15) is 0 Å². The van der Waals surface area contributed by atoms with Crippen LogP contribution in [0.3, 0.4) is 0 Å². The molecule has 0 N–H and O–H groups in total. The van der Waals surface area contributed by atoms with Gasteiger partial charge in [0.2, 0.25) is 0 Å². The molecule has 0 rings (SSSR count). The Bertz CT molecular complexity index is 192. The quantitative estimate of drug-likeness (QED) is 0.209. The molecule has 0 amide bonds. The molecule has 0 aromatic carbocycles. The van der Waals surface area contributed by atoms with Gasteiger partial charge in [-0.1, -0.05) is 29.0 Å². The van der Waals surface area contributed by atoms with Gasteiger partial charge in [-0.2, -0.15) is 0 Å². The van der Waals surface area contributed by atoms with Gasteiger partial charge < -0.3 is 9.47 Å². The third-order valence-electron chi connectivity index (χ3n) is 2.33. The van der Waals surface area contributed by atoms with Gasteiger partial charge in [0.25, 0.3) is 0 Å². The van der Waals surface area contributed by atoms with Crippen molar-refractivity contribution in [1.29, 1.82) is 0 Å². The van der Waals surface area contributed by atoms with Crippen molar-refractivity contribution >= 4 is 22.6 Å². The number of ether oxygens (including phenoxy) is 2. The van der Waals surface area contributed by atoms with E-state index in [4.69, 9.17) is 9.47 Å². The molecule has 16 heavy (non-hydrogen) atoms. The molecule has 0 atom stereocenters. The van der Waals surface area contributed by atoms with Gasteiger partial charge in [0.15, 0.2) is 6.29 Å². The fraction of sp³-hybridized carbons (Fsp3) is 0.846. The SMILES string of the molecule is COC(CCCCCC#CCCCI)OC. The Morgan fingerprint density at radius 2 is 1.56 bits per heavy atom. The fourth-order valence-corrected chi connectivity index (χ4v) is 1.75. The molecule has 0 saturated heterocycles. The Kier molecular flexibility index (Phi) is 13.4. The summed E-state index contributed by atoms with van der Waals surface area (Å²) in [6.07, 6.45) is 7.81. The number of methoxy groups -OCH3 is 2. The Morgan fingerprint density at radius 1 is 0.938 bits per heavy atom. The van der Waals surface area contributed by atoms with E-state index in [1.807, 2.05) is 0 Å². The number of hydrogen-bond donors (Lipinski definition) is 0. The first-order valence-electron chi connectivity index (χ1n) is 5.92. The van der Waals surface area contributed by atoms with E-state index in [0.29, 0.717) is 0 Å². The van der Waals surface area contributed by atoms with Crippen LogP contribution in [0.1, 0.15) is 44.9 Å². The van der Waals surface area contributed by atoms with E-state index in [9.17, 15) is 0 Å². The van der Waals surface area contributed by atoms with Crippen LogP contribution in [-0.2, 0) is 9.47 Å². The largest absolute Gasteiger partial charge is 0.356 e. The van der Waals surface area contributed by atoms with Crippen molar-refractivity contribution in [3.8, 4) is 11.8 Å². The molecular weight excluding hydrogens is 315 g/mol. The highest BCUT2D eigenvalue weighted by atomic mass is 127. The molecule has 3 heteroatoms. The van der Waals surface area contributed by atoms with E-state index >= 15 is 0 Å². The van der Waals surface area contributed by atoms with Crippen LogP contribution < -0.4 is 0 Å². The van der Waals surface area contributed by atoms with Crippen LogP contribution in [-0.4, -0.2) is 24.9 Å². The molecule has 0 aromatic heterocycles. The van der Waals surface area contributed by atoms with Gasteiger partial charge >= 0.3 is 0 Å². The lowest BCUT2D eigenvalue weighted by Crippen LogP contribution is -2.12. The van der Waals surface area contributed by atoms with E-state index in [1.54, 1.807) is 14.2 Å². The zero-order chi connectivity index (χ0) is 12.1. The monoisotopic (exact) mass is 338 g/mol. The third kappa shape index (κ3) is 10.7. The average molecular weight is 338 g/mol. The highest BCUT2D eigenvalue weighted by molar-refractivity contribution is 14.1. The Labute approximate surface area is 114 Å². The van der Waals surface area contributed by atoms with Crippen molar-refractivity contribution in [2.45, 2.75) is 51.2 Å². The predicted octanol–water partition coefficient (Wildman–Crippen LogP) is 3.77. The summed E-state index contributed by atoms with van der Waals surface area (Å²) >= 11 is 2.39. The predicted molar refractivity (Wildman–Crippen MR) is 76.8 cm³/mol. The number of alkyl halides is 1. The van der Waals surface area contributed by atoms with Crippen LogP contribution in [0.15, 0.2) is 0 Å². The maximum atomic E-state index is 5.12. The van der Waals surface area contributed by atoms with Crippen molar-refractivity contribution in [3.05, 3.63) is 0 Å². The molecule has 0 aliphatic heterocycles. The highest BCUT2D eigenvalue weighted by Crippen LogP contribution is 2.07. The summed E-state index contributed by atoms with van der Waals surface area (Å²) < 4.78 is 11.5. The minimum absolute atomic E-state index is 0.0326. The number of unbranched alkanes of at least 4 members (excludes halogenated alkanes) is 4. The smallest absolute Gasteiger partial charge is 0.156 e. The van der Waals surface area contributed by atoms with Crippen LogP contribution in [0.5, 0.6) is 0 Å². The first-order chi connectivity index (χ1) is 7.85. The van der Waals surface area contributed by atoms with Crippen LogP contribution in [0.25, 0.3) is 0 Å². The molecule has 94 valence electrons. The summed E-state index contributed by atoms with van der Waals surface area (Å²) in [6, 6.07) is 0. The topological polar surface area (TPSA) is 18.5 Å². The molecule has 0 aliphatic carbocycles. The van der Waals surface area contributed by atoms with E-state index in [-0.39, 0.29) is 6.29 Å². The second kappa shape index (κ2) is 13.3. The first-order valence-corrected chi connectivity index (χ1v) is 7.45. The summed E-state index contributed by atoms with van der Waals surface area (Å²) in [4.78, 5) is 0. The van der Waals surface area contributed by atoms with Crippen molar-refractivity contribution in [2.75, 3.05) is 18.6 Å². The van der Waals surface area contributed by atoms with Gasteiger partial charge in [-0.25, -0.2) is 0 Å². The van der Waals surface area contributed by atoms with Gasteiger partial charge in [-0.3, -0.25) is 0 Å². The normalized spacial score (nSPS) is 10.2. The number of hydrogen-bond acceptors (Lipinski definition) is 2. The molecule has 0 fully saturated rings. The minimum atomic E-state index is -0.0326. The van der Waals surface area contributed by atoms with E-state index in [2.05, 4.69) is 34.4 Å². The zero-order valence-corrected chi connectivity index (χ0v) is 12.6. The standard InChI is InChI=1S/C13H23IO2/c1-15-13(16-2)11-9-7-5-3-4-6-8-10-12-14/h13H,3,5,7-12H2,1-2H3. The van der Waals surface area contributed by atoms with Gasteiger partial charge in [-0.15, -0.1) is 11.8 Å². The molecule has 0 saturated carbocycles. The molecule has 0 radical (unpaired) electrons. The maximum absolute atomic E-state index is 5.12. The van der Waals surface area contributed by atoms with Crippen molar-refractivity contribution in [2.24, 2.45) is 0 Å². The molecular formula is C13H23IO2. The summed E-state index contributed by atoms with van der Waals surface area (Å²) in [5.74, 6) is 6.42. The summed E-state index contributed by atoms with van der Waals surface area (Å²) in [5.41, 5.74) is 0. The molecule has 0 aliphatic rings. The van der Waals surface area contributed by atoms with Crippen LogP contribution in [0.4, 0.5) is 0 Å². The van der Waals surface area contributed by atoms with Crippen molar-refractivity contribution in [1.82, 2.24) is 0 Å². The van der Waals surface area contributed by atoms with E-state index < -0.39 is 0 Å². The Hall–Kier alpha value is 0.210. The number of halogens is 1. The summed E-state index contributed by atoms with van der Waals surface area (Å²) in [5, 5.41) is 0. The molecule has 0 spiro atoms. The Balaban J connectivity index is 3.22. The van der Waals surface area contributed by atoms with Gasteiger partial charge in [-0.05, 0) is 25.7 Å². The first kappa shape index (κ1) is 16.2. The highest BCUT2D eigenvalue weighted by Gasteiger charge is 2.02. The lowest BCUT2D eigenvalue weighted by Gasteiger charge is -2.12.